The lowest BCUT2D eigenvalue weighted by molar-refractivity contribution is -0.120. The molecule has 4 heteroatoms. The maximum absolute atomic E-state index is 11.0. The van der Waals surface area contributed by atoms with E-state index in [0.717, 1.165) is 19.4 Å². The van der Waals surface area contributed by atoms with Gasteiger partial charge in [0, 0.05) is 32.0 Å². The molecule has 1 aliphatic rings. The van der Waals surface area contributed by atoms with E-state index in [4.69, 9.17) is 5.26 Å². The van der Waals surface area contributed by atoms with Crippen LogP contribution in [-0.2, 0) is 4.79 Å². The molecule has 0 heterocycles. The van der Waals surface area contributed by atoms with Gasteiger partial charge >= 0.3 is 0 Å². The second-order valence-corrected chi connectivity index (χ2v) is 4.06. The second-order valence-electron chi connectivity index (χ2n) is 4.06. The molecule has 84 valence electrons. The van der Waals surface area contributed by atoms with Gasteiger partial charge in [0.1, 0.15) is 0 Å². The van der Waals surface area contributed by atoms with E-state index in [-0.39, 0.29) is 11.9 Å². The lowest BCUT2D eigenvalue weighted by Gasteiger charge is -2.32. The van der Waals surface area contributed by atoms with Crippen LogP contribution in [-0.4, -0.2) is 24.5 Å². The average molecular weight is 209 g/mol. The van der Waals surface area contributed by atoms with Crippen molar-refractivity contribution in [1.82, 2.24) is 10.6 Å². The van der Waals surface area contributed by atoms with Gasteiger partial charge in [0.05, 0.1) is 6.07 Å². The van der Waals surface area contributed by atoms with Crippen molar-refractivity contribution in [3.05, 3.63) is 0 Å². The average Bonchev–Trinajstić information content (AvgIpc) is 2.20. The van der Waals surface area contributed by atoms with E-state index >= 15 is 0 Å². The van der Waals surface area contributed by atoms with Crippen LogP contribution >= 0.6 is 0 Å². The zero-order valence-electron chi connectivity index (χ0n) is 9.25. The standard InChI is InChI=1S/C11H19N3O/c1-9(15)14-11-6-3-2-5-10(11)13-8-4-7-12/h10-11,13H,2-6,8H2,1H3,(H,14,15). The summed E-state index contributed by atoms with van der Waals surface area (Å²) in [6.07, 6.45) is 5.06. The number of hydrogen-bond acceptors (Lipinski definition) is 3. The second kappa shape index (κ2) is 6.41. The lowest BCUT2D eigenvalue weighted by Crippen LogP contribution is -2.51. The van der Waals surface area contributed by atoms with Crippen LogP contribution in [0.2, 0.25) is 0 Å². The highest BCUT2D eigenvalue weighted by Crippen LogP contribution is 2.18. The Kier molecular flexibility index (Phi) is 5.13. The predicted octanol–water partition coefficient (Wildman–Crippen LogP) is 0.937. The number of rotatable bonds is 4. The van der Waals surface area contributed by atoms with Crippen LogP contribution in [0.5, 0.6) is 0 Å². The Morgan fingerprint density at radius 2 is 2.07 bits per heavy atom. The molecule has 0 aromatic carbocycles. The molecule has 0 spiro atoms. The Morgan fingerprint density at radius 1 is 1.40 bits per heavy atom. The summed E-state index contributed by atoms with van der Waals surface area (Å²) in [5.74, 6) is 0.0361. The highest BCUT2D eigenvalue weighted by Gasteiger charge is 2.24. The van der Waals surface area contributed by atoms with Crippen LogP contribution in [0, 0.1) is 11.3 Å². The highest BCUT2D eigenvalue weighted by atomic mass is 16.1. The van der Waals surface area contributed by atoms with Crippen molar-refractivity contribution >= 4 is 5.91 Å². The van der Waals surface area contributed by atoms with Crippen LogP contribution in [0.15, 0.2) is 0 Å². The molecule has 0 aromatic rings. The van der Waals surface area contributed by atoms with Crippen LogP contribution in [0.1, 0.15) is 39.0 Å². The third-order valence-electron chi connectivity index (χ3n) is 2.80. The van der Waals surface area contributed by atoms with Gasteiger partial charge in [0.25, 0.3) is 0 Å². The molecule has 0 radical (unpaired) electrons. The minimum Gasteiger partial charge on any atom is -0.352 e. The highest BCUT2D eigenvalue weighted by molar-refractivity contribution is 5.73. The van der Waals surface area contributed by atoms with Crippen LogP contribution < -0.4 is 10.6 Å². The molecule has 0 aromatic heterocycles. The minimum atomic E-state index is 0.0361. The van der Waals surface area contributed by atoms with Crippen molar-refractivity contribution in [2.24, 2.45) is 0 Å². The first kappa shape index (κ1) is 12.0. The molecule has 2 N–H and O–H groups in total. The van der Waals surface area contributed by atoms with Gasteiger partial charge in [-0.05, 0) is 12.8 Å². The fourth-order valence-corrected chi connectivity index (χ4v) is 2.12. The van der Waals surface area contributed by atoms with Crippen molar-refractivity contribution in [3.8, 4) is 6.07 Å². The van der Waals surface area contributed by atoms with E-state index in [1.54, 1.807) is 6.92 Å². The van der Waals surface area contributed by atoms with E-state index in [1.165, 1.54) is 12.8 Å². The molecule has 1 rings (SSSR count). The molecule has 1 fully saturated rings. The summed E-state index contributed by atoms with van der Waals surface area (Å²) in [6.45, 7) is 2.28. The quantitative estimate of drug-likeness (QED) is 0.677. The topological polar surface area (TPSA) is 64.9 Å². The van der Waals surface area contributed by atoms with Crippen molar-refractivity contribution in [3.63, 3.8) is 0 Å². The Morgan fingerprint density at radius 3 is 2.67 bits per heavy atom. The number of nitrogens with zero attached hydrogens (tertiary/aromatic N) is 1. The van der Waals surface area contributed by atoms with Crippen molar-refractivity contribution in [2.75, 3.05) is 6.54 Å². The number of nitrogens with one attached hydrogen (secondary N) is 2. The van der Waals surface area contributed by atoms with Gasteiger partial charge in [-0.2, -0.15) is 5.26 Å². The van der Waals surface area contributed by atoms with Crippen LogP contribution in [0.25, 0.3) is 0 Å². The lowest BCUT2D eigenvalue weighted by atomic mass is 9.90. The van der Waals surface area contributed by atoms with Crippen LogP contribution in [0.4, 0.5) is 0 Å². The van der Waals surface area contributed by atoms with E-state index in [0.29, 0.717) is 12.5 Å². The Labute approximate surface area is 91.0 Å². The van der Waals surface area contributed by atoms with E-state index in [1.807, 2.05) is 0 Å². The summed E-state index contributed by atoms with van der Waals surface area (Å²) in [6, 6.07) is 2.70. The van der Waals surface area contributed by atoms with Crippen molar-refractivity contribution in [1.29, 1.82) is 5.26 Å². The Balaban J connectivity index is 2.36. The maximum atomic E-state index is 11.0. The summed E-state index contributed by atoms with van der Waals surface area (Å²) in [5, 5.41) is 14.8. The molecule has 0 aliphatic heterocycles. The Hall–Kier alpha value is -1.08. The SMILES string of the molecule is CC(=O)NC1CCCCC1NCCC#N. The summed E-state index contributed by atoms with van der Waals surface area (Å²) < 4.78 is 0. The van der Waals surface area contributed by atoms with Gasteiger partial charge in [0.15, 0.2) is 0 Å². The zero-order chi connectivity index (χ0) is 11.1. The number of carbonyl (C=O) groups is 1. The summed E-state index contributed by atoms with van der Waals surface area (Å²) in [4.78, 5) is 11.0. The van der Waals surface area contributed by atoms with Gasteiger partial charge in [-0.3, -0.25) is 4.79 Å². The van der Waals surface area contributed by atoms with E-state index < -0.39 is 0 Å². The van der Waals surface area contributed by atoms with Gasteiger partial charge in [-0.15, -0.1) is 0 Å². The van der Waals surface area contributed by atoms with Gasteiger partial charge in [0.2, 0.25) is 5.91 Å². The molecule has 2 atom stereocenters. The first-order valence-electron chi connectivity index (χ1n) is 5.61. The molecule has 1 aliphatic carbocycles. The monoisotopic (exact) mass is 209 g/mol. The van der Waals surface area contributed by atoms with Gasteiger partial charge in [-0.25, -0.2) is 0 Å². The summed E-state index contributed by atoms with van der Waals surface area (Å²) in [7, 11) is 0. The van der Waals surface area contributed by atoms with E-state index in [2.05, 4.69) is 16.7 Å². The van der Waals surface area contributed by atoms with Crippen molar-refractivity contribution in [2.45, 2.75) is 51.1 Å². The number of amides is 1. The van der Waals surface area contributed by atoms with Gasteiger partial charge in [-0.1, -0.05) is 12.8 Å². The van der Waals surface area contributed by atoms with E-state index in [9.17, 15) is 4.79 Å². The zero-order valence-corrected chi connectivity index (χ0v) is 9.25. The molecule has 4 nitrogen and oxygen atoms in total. The third-order valence-corrected chi connectivity index (χ3v) is 2.80. The first-order valence-corrected chi connectivity index (χ1v) is 5.61. The fraction of sp³-hybridized carbons (Fsp3) is 0.818. The number of hydrogen-bond donors (Lipinski definition) is 2. The largest absolute Gasteiger partial charge is 0.352 e. The summed E-state index contributed by atoms with van der Waals surface area (Å²) in [5.41, 5.74) is 0. The van der Waals surface area contributed by atoms with Crippen molar-refractivity contribution < 1.29 is 4.79 Å². The van der Waals surface area contributed by atoms with Gasteiger partial charge < -0.3 is 10.6 Å². The molecule has 1 amide bonds. The molecule has 2 unspecified atom stereocenters. The third kappa shape index (κ3) is 4.30. The first-order chi connectivity index (χ1) is 7.24. The van der Waals surface area contributed by atoms with Crippen LogP contribution in [0.3, 0.4) is 0 Å². The molecule has 0 bridgehead atoms. The fourth-order valence-electron chi connectivity index (χ4n) is 2.12. The molecule has 15 heavy (non-hydrogen) atoms. The smallest absolute Gasteiger partial charge is 0.217 e. The molecular weight excluding hydrogens is 190 g/mol. The normalized spacial score (nSPS) is 25.6. The molecular formula is C11H19N3O. The maximum Gasteiger partial charge on any atom is 0.217 e. The predicted molar refractivity (Wildman–Crippen MR) is 58.1 cm³/mol. The molecule has 0 saturated heterocycles. The number of carbonyl (C=O) groups excluding carboxylic acids is 1. The Bertz CT molecular complexity index is 247. The minimum absolute atomic E-state index is 0.0361. The molecule has 1 saturated carbocycles. The number of nitriles is 1. The summed E-state index contributed by atoms with van der Waals surface area (Å²) >= 11 is 0.